The van der Waals surface area contributed by atoms with Gasteiger partial charge in [-0.3, -0.25) is 9.78 Å². The number of amides is 1. The first-order valence-electron chi connectivity index (χ1n) is 6.99. The van der Waals surface area contributed by atoms with Gasteiger partial charge in [-0.1, -0.05) is 6.92 Å². The SMILES string of the molecule is CC(C(=O)N1CCOc2c(C#N)cncc2C1)C1CC1. The molecule has 2 heterocycles. The summed E-state index contributed by atoms with van der Waals surface area (Å²) in [6, 6.07) is 2.09. The predicted molar refractivity (Wildman–Crippen MR) is 71.8 cm³/mol. The van der Waals surface area contributed by atoms with Crippen molar-refractivity contribution in [2.75, 3.05) is 13.2 Å². The summed E-state index contributed by atoms with van der Waals surface area (Å²) in [6.07, 6.45) is 5.51. The standard InChI is InChI=1S/C15H17N3O2/c1-10(11-2-3-11)15(19)18-4-5-20-14-12(6-16)7-17-8-13(14)9-18/h7-8,10-11H,2-5,9H2,1H3. The zero-order valence-electron chi connectivity index (χ0n) is 11.5. The van der Waals surface area contributed by atoms with Crippen LogP contribution in [0.2, 0.25) is 0 Å². The van der Waals surface area contributed by atoms with Crippen molar-refractivity contribution in [2.24, 2.45) is 11.8 Å². The van der Waals surface area contributed by atoms with E-state index >= 15 is 0 Å². The summed E-state index contributed by atoms with van der Waals surface area (Å²) >= 11 is 0. The lowest BCUT2D eigenvalue weighted by molar-refractivity contribution is -0.136. The number of nitrogens with zero attached hydrogens (tertiary/aromatic N) is 3. The van der Waals surface area contributed by atoms with Crippen LogP contribution in [-0.4, -0.2) is 28.9 Å². The summed E-state index contributed by atoms with van der Waals surface area (Å²) in [5.41, 5.74) is 1.25. The fourth-order valence-electron chi connectivity index (χ4n) is 2.67. The summed E-state index contributed by atoms with van der Waals surface area (Å²) < 4.78 is 5.65. The van der Waals surface area contributed by atoms with Crippen LogP contribution in [0, 0.1) is 23.2 Å². The third-order valence-electron chi connectivity index (χ3n) is 4.09. The third kappa shape index (κ3) is 2.34. The molecule has 0 spiro atoms. The maximum Gasteiger partial charge on any atom is 0.226 e. The highest BCUT2D eigenvalue weighted by molar-refractivity contribution is 5.79. The fourth-order valence-corrected chi connectivity index (χ4v) is 2.67. The van der Waals surface area contributed by atoms with Crippen molar-refractivity contribution in [3.8, 4) is 11.8 Å². The number of aromatic nitrogens is 1. The normalized spacial score (nSPS) is 19.3. The van der Waals surface area contributed by atoms with E-state index in [1.807, 2.05) is 11.8 Å². The Labute approximate surface area is 118 Å². The Balaban J connectivity index is 1.82. The zero-order chi connectivity index (χ0) is 14.1. The van der Waals surface area contributed by atoms with Crippen molar-refractivity contribution < 1.29 is 9.53 Å². The third-order valence-corrected chi connectivity index (χ3v) is 4.09. The van der Waals surface area contributed by atoms with Crippen molar-refractivity contribution in [1.29, 1.82) is 5.26 Å². The lowest BCUT2D eigenvalue weighted by Crippen LogP contribution is -2.37. The Morgan fingerprint density at radius 3 is 3.05 bits per heavy atom. The molecule has 1 fully saturated rings. The Kier molecular flexibility index (Phi) is 3.31. The zero-order valence-corrected chi connectivity index (χ0v) is 11.5. The Hall–Kier alpha value is -2.09. The molecule has 1 aromatic heterocycles. The Bertz CT molecular complexity index is 575. The monoisotopic (exact) mass is 271 g/mol. The highest BCUT2D eigenvalue weighted by Crippen LogP contribution is 2.38. The first-order chi connectivity index (χ1) is 9.70. The van der Waals surface area contributed by atoms with Crippen LogP contribution in [0.3, 0.4) is 0 Å². The van der Waals surface area contributed by atoms with Crippen LogP contribution in [0.25, 0.3) is 0 Å². The molecule has 0 bridgehead atoms. The van der Waals surface area contributed by atoms with Crippen molar-refractivity contribution in [1.82, 2.24) is 9.88 Å². The molecule has 1 amide bonds. The van der Waals surface area contributed by atoms with Crippen LogP contribution >= 0.6 is 0 Å². The molecule has 5 heteroatoms. The van der Waals surface area contributed by atoms with E-state index in [0.29, 0.717) is 36.9 Å². The first kappa shape index (κ1) is 12.9. The molecule has 1 aliphatic heterocycles. The molecule has 1 unspecified atom stereocenters. The molecular weight excluding hydrogens is 254 g/mol. The van der Waals surface area contributed by atoms with Gasteiger partial charge in [0, 0.05) is 23.9 Å². The van der Waals surface area contributed by atoms with Crippen molar-refractivity contribution >= 4 is 5.91 Å². The molecule has 0 aromatic carbocycles. The molecule has 1 aromatic rings. The van der Waals surface area contributed by atoms with E-state index in [1.165, 1.54) is 6.20 Å². The first-order valence-corrected chi connectivity index (χ1v) is 6.99. The van der Waals surface area contributed by atoms with Crippen LogP contribution in [0.4, 0.5) is 0 Å². The smallest absolute Gasteiger partial charge is 0.226 e. The van der Waals surface area contributed by atoms with Gasteiger partial charge in [0.1, 0.15) is 24.0 Å². The Morgan fingerprint density at radius 2 is 2.35 bits per heavy atom. The minimum absolute atomic E-state index is 0.0867. The Morgan fingerprint density at radius 1 is 1.55 bits per heavy atom. The fraction of sp³-hybridized carbons (Fsp3) is 0.533. The maximum atomic E-state index is 12.5. The van der Waals surface area contributed by atoms with Crippen LogP contribution in [0.15, 0.2) is 12.4 Å². The van der Waals surface area contributed by atoms with Crippen molar-refractivity contribution in [2.45, 2.75) is 26.3 Å². The van der Waals surface area contributed by atoms with Gasteiger partial charge in [0.15, 0.2) is 0 Å². The van der Waals surface area contributed by atoms with E-state index in [1.54, 1.807) is 6.20 Å². The number of rotatable bonds is 2. The average molecular weight is 271 g/mol. The second-order valence-corrected chi connectivity index (χ2v) is 5.52. The van der Waals surface area contributed by atoms with E-state index in [2.05, 4.69) is 11.1 Å². The number of nitriles is 1. The summed E-state index contributed by atoms with van der Waals surface area (Å²) in [5.74, 6) is 1.40. The van der Waals surface area contributed by atoms with E-state index in [9.17, 15) is 4.79 Å². The molecule has 0 N–H and O–H groups in total. The lowest BCUT2D eigenvalue weighted by atomic mass is 10.0. The van der Waals surface area contributed by atoms with E-state index < -0.39 is 0 Å². The minimum atomic E-state index is 0.0867. The van der Waals surface area contributed by atoms with Gasteiger partial charge in [0.2, 0.25) is 5.91 Å². The van der Waals surface area contributed by atoms with Gasteiger partial charge in [0.05, 0.1) is 13.1 Å². The summed E-state index contributed by atoms with van der Waals surface area (Å²) in [5, 5.41) is 9.08. The molecular formula is C15H17N3O2. The largest absolute Gasteiger partial charge is 0.490 e. The topological polar surface area (TPSA) is 66.2 Å². The number of carbonyl (C=O) groups excluding carboxylic acids is 1. The molecule has 0 radical (unpaired) electrons. The second-order valence-electron chi connectivity index (χ2n) is 5.52. The molecule has 1 aliphatic carbocycles. The van der Waals surface area contributed by atoms with Gasteiger partial charge >= 0.3 is 0 Å². The molecule has 5 nitrogen and oxygen atoms in total. The number of ether oxygens (including phenoxy) is 1. The van der Waals surface area contributed by atoms with Gasteiger partial charge in [0.25, 0.3) is 0 Å². The van der Waals surface area contributed by atoms with E-state index in [4.69, 9.17) is 10.00 Å². The predicted octanol–water partition coefficient (Wildman–Crippen LogP) is 1.72. The molecule has 1 saturated carbocycles. The van der Waals surface area contributed by atoms with Gasteiger partial charge in [-0.15, -0.1) is 0 Å². The molecule has 20 heavy (non-hydrogen) atoms. The number of carbonyl (C=O) groups is 1. The summed E-state index contributed by atoms with van der Waals surface area (Å²) in [7, 11) is 0. The second kappa shape index (κ2) is 5.12. The molecule has 0 saturated heterocycles. The maximum absolute atomic E-state index is 12.5. The van der Waals surface area contributed by atoms with Gasteiger partial charge in [-0.05, 0) is 18.8 Å². The quantitative estimate of drug-likeness (QED) is 0.821. The van der Waals surface area contributed by atoms with Crippen LogP contribution in [-0.2, 0) is 11.3 Å². The lowest BCUT2D eigenvalue weighted by Gasteiger charge is -2.23. The molecule has 104 valence electrons. The average Bonchev–Trinajstić information content (AvgIpc) is 3.30. The highest BCUT2D eigenvalue weighted by Gasteiger charge is 2.35. The number of pyridine rings is 1. The van der Waals surface area contributed by atoms with Gasteiger partial charge in [-0.2, -0.15) is 5.26 Å². The summed E-state index contributed by atoms with van der Waals surface area (Å²) in [6.45, 7) is 3.48. The van der Waals surface area contributed by atoms with Gasteiger partial charge in [-0.25, -0.2) is 0 Å². The summed E-state index contributed by atoms with van der Waals surface area (Å²) in [4.78, 5) is 18.4. The van der Waals surface area contributed by atoms with Crippen LogP contribution in [0.5, 0.6) is 5.75 Å². The number of hydrogen-bond acceptors (Lipinski definition) is 4. The van der Waals surface area contributed by atoms with E-state index in [0.717, 1.165) is 18.4 Å². The molecule has 2 aliphatic rings. The van der Waals surface area contributed by atoms with Crippen molar-refractivity contribution in [3.05, 3.63) is 23.5 Å². The molecule has 3 rings (SSSR count). The molecule has 1 atom stereocenters. The number of hydrogen-bond donors (Lipinski definition) is 0. The van der Waals surface area contributed by atoms with Crippen LogP contribution < -0.4 is 4.74 Å². The number of fused-ring (bicyclic) bond motifs is 1. The van der Waals surface area contributed by atoms with Crippen molar-refractivity contribution in [3.63, 3.8) is 0 Å². The minimum Gasteiger partial charge on any atom is -0.490 e. The van der Waals surface area contributed by atoms with Crippen LogP contribution in [0.1, 0.15) is 30.9 Å². The van der Waals surface area contributed by atoms with E-state index in [-0.39, 0.29) is 11.8 Å². The van der Waals surface area contributed by atoms with Gasteiger partial charge < -0.3 is 9.64 Å². The highest BCUT2D eigenvalue weighted by atomic mass is 16.5.